The lowest BCUT2D eigenvalue weighted by Crippen LogP contribution is -2.49. The van der Waals surface area contributed by atoms with E-state index in [-0.39, 0.29) is 11.7 Å². The molecule has 0 aromatic carbocycles. The number of carbonyl (C=O) groups excluding carboxylic acids is 1. The van der Waals surface area contributed by atoms with Crippen LogP contribution >= 0.6 is 12.2 Å². The first-order valence-electron chi connectivity index (χ1n) is 3.22. The van der Waals surface area contributed by atoms with Crippen LogP contribution in [-0.4, -0.2) is 24.0 Å². The van der Waals surface area contributed by atoms with Gasteiger partial charge in [-0.25, -0.2) is 0 Å². The van der Waals surface area contributed by atoms with E-state index in [2.05, 4.69) is 10.6 Å². The van der Waals surface area contributed by atoms with Crippen molar-refractivity contribution in [2.75, 3.05) is 13.1 Å². The second-order valence-electron chi connectivity index (χ2n) is 2.40. The largest absolute Gasteiger partial charge is 0.362 e. The fraction of sp³-hybridized carbons (Fsp3) is 0.667. The molecule has 0 saturated carbocycles. The molecule has 0 radical (unpaired) electrons. The zero-order valence-corrected chi connectivity index (χ0v) is 6.62. The van der Waals surface area contributed by atoms with Crippen LogP contribution in [0.4, 0.5) is 0 Å². The lowest BCUT2D eigenvalue weighted by atomic mass is 10.0. The Morgan fingerprint density at radius 2 is 2.10 bits per heavy atom. The molecule has 4 heteroatoms. The second-order valence-corrected chi connectivity index (χ2v) is 2.81. The van der Waals surface area contributed by atoms with Gasteiger partial charge in [-0.15, -0.1) is 0 Å². The van der Waals surface area contributed by atoms with E-state index < -0.39 is 0 Å². The molecular weight excluding hydrogens is 148 g/mol. The maximum atomic E-state index is 10.8. The Bertz CT molecular complexity index is 159. The van der Waals surface area contributed by atoms with Crippen LogP contribution in [0.1, 0.15) is 6.92 Å². The summed E-state index contributed by atoms with van der Waals surface area (Å²) in [7, 11) is 0. The molecule has 1 saturated heterocycles. The molecule has 0 bridgehead atoms. The minimum atomic E-state index is 0.0895. The Morgan fingerprint density at radius 3 is 2.50 bits per heavy atom. The number of nitrogens with one attached hydrogen (secondary N) is 2. The average Bonchev–Trinajstić information content (AvgIpc) is 1.88. The molecule has 0 spiro atoms. The molecule has 1 aliphatic heterocycles. The summed E-state index contributed by atoms with van der Waals surface area (Å²) in [5.74, 6) is 0.300. The van der Waals surface area contributed by atoms with Gasteiger partial charge < -0.3 is 10.6 Å². The fourth-order valence-corrected chi connectivity index (χ4v) is 1.02. The molecule has 1 fully saturated rings. The van der Waals surface area contributed by atoms with Crippen LogP contribution < -0.4 is 10.6 Å². The molecule has 0 aliphatic carbocycles. The van der Waals surface area contributed by atoms with Gasteiger partial charge in [0.1, 0.15) is 5.78 Å². The Morgan fingerprint density at radius 1 is 1.60 bits per heavy atom. The number of hydrogen-bond acceptors (Lipinski definition) is 2. The molecular formula is C6H10N2OS. The average molecular weight is 158 g/mol. The molecule has 0 aromatic heterocycles. The van der Waals surface area contributed by atoms with Gasteiger partial charge in [0.15, 0.2) is 5.11 Å². The van der Waals surface area contributed by atoms with Crippen molar-refractivity contribution in [2.24, 2.45) is 5.92 Å². The van der Waals surface area contributed by atoms with Crippen molar-refractivity contribution in [3.63, 3.8) is 0 Å². The minimum Gasteiger partial charge on any atom is -0.362 e. The van der Waals surface area contributed by atoms with Crippen molar-refractivity contribution < 1.29 is 4.79 Å². The van der Waals surface area contributed by atoms with E-state index in [0.29, 0.717) is 18.2 Å². The Kier molecular flexibility index (Phi) is 2.21. The molecule has 0 amide bonds. The van der Waals surface area contributed by atoms with Gasteiger partial charge in [0.2, 0.25) is 0 Å². The summed E-state index contributed by atoms with van der Waals surface area (Å²) in [6.07, 6.45) is 0. The summed E-state index contributed by atoms with van der Waals surface area (Å²) in [5.41, 5.74) is 0. The number of ketones is 1. The third-order valence-electron chi connectivity index (χ3n) is 1.59. The van der Waals surface area contributed by atoms with Gasteiger partial charge in [0.25, 0.3) is 0 Å². The molecule has 2 N–H and O–H groups in total. The molecule has 0 atom stereocenters. The Hall–Kier alpha value is -0.640. The van der Waals surface area contributed by atoms with Crippen molar-refractivity contribution in [2.45, 2.75) is 6.92 Å². The Labute approximate surface area is 65.2 Å². The van der Waals surface area contributed by atoms with Gasteiger partial charge in [0.05, 0.1) is 5.92 Å². The molecule has 10 heavy (non-hydrogen) atoms. The zero-order valence-electron chi connectivity index (χ0n) is 5.81. The molecule has 1 aliphatic rings. The number of hydrogen-bond donors (Lipinski definition) is 2. The third kappa shape index (κ3) is 1.67. The van der Waals surface area contributed by atoms with E-state index in [1.54, 1.807) is 6.92 Å². The van der Waals surface area contributed by atoms with Crippen LogP contribution in [0.5, 0.6) is 0 Å². The topological polar surface area (TPSA) is 41.1 Å². The van der Waals surface area contributed by atoms with Gasteiger partial charge >= 0.3 is 0 Å². The highest BCUT2D eigenvalue weighted by Crippen LogP contribution is 1.98. The number of carbonyl (C=O) groups is 1. The maximum Gasteiger partial charge on any atom is 0.166 e. The molecule has 56 valence electrons. The van der Waals surface area contributed by atoms with Crippen molar-refractivity contribution >= 4 is 23.1 Å². The number of thiocarbonyl (C=S) groups is 1. The smallest absolute Gasteiger partial charge is 0.166 e. The molecule has 3 nitrogen and oxygen atoms in total. The fourth-order valence-electron chi connectivity index (χ4n) is 0.854. The third-order valence-corrected chi connectivity index (χ3v) is 1.88. The van der Waals surface area contributed by atoms with E-state index in [9.17, 15) is 4.79 Å². The number of rotatable bonds is 1. The lowest BCUT2D eigenvalue weighted by Gasteiger charge is -2.23. The quantitative estimate of drug-likeness (QED) is 0.513. The predicted molar refractivity (Wildman–Crippen MR) is 42.8 cm³/mol. The van der Waals surface area contributed by atoms with Crippen LogP contribution in [0.25, 0.3) is 0 Å². The van der Waals surface area contributed by atoms with Gasteiger partial charge in [-0.3, -0.25) is 4.79 Å². The minimum absolute atomic E-state index is 0.0895. The highest BCUT2D eigenvalue weighted by molar-refractivity contribution is 7.80. The van der Waals surface area contributed by atoms with E-state index >= 15 is 0 Å². The highest BCUT2D eigenvalue weighted by Gasteiger charge is 2.18. The molecule has 0 aromatic rings. The zero-order chi connectivity index (χ0) is 7.56. The van der Waals surface area contributed by atoms with Crippen molar-refractivity contribution in [3.05, 3.63) is 0 Å². The standard InChI is InChI=1S/C6H10N2OS/c1-4(9)5-2-7-6(10)8-3-5/h5H,2-3H2,1H3,(H2,7,8,10). The van der Waals surface area contributed by atoms with Crippen molar-refractivity contribution in [1.29, 1.82) is 0 Å². The first kappa shape index (κ1) is 7.47. The summed E-state index contributed by atoms with van der Waals surface area (Å²) < 4.78 is 0. The number of Topliss-reactive ketones (excluding diaryl/α,β-unsaturated/α-hetero) is 1. The van der Waals surface area contributed by atoms with Crippen LogP contribution in [0.15, 0.2) is 0 Å². The first-order valence-corrected chi connectivity index (χ1v) is 3.63. The monoisotopic (exact) mass is 158 g/mol. The van der Waals surface area contributed by atoms with E-state index in [0.717, 1.165) is 0 Å². The van der Waals surface area contributed by atoms with Gasteiger partial charge in [-0.1, -0.05) is 0 Å². The summed E-state index contributed by atoms with van der Waals surface area (Å²) in [5, 5.41) is 6.48. The Balaban J connectivity index is 2.40. The summed E-state index contributed by atoms with van der Waals surface area (Å²) in [4.78, 5) is 10.8. The molecule has 1 heterocycles. The van der Waals surface area contributed by atoms with E-state index in [1.165, 1.54) is 0 Å². The van der Waals surface area contributed by atoms with Crippen LogP contribution in [0, 0.1) is 5.92 Å². The lowest BCUT2D eigenvalue weighted by molar-refractivity contribution is -0.120. The normalized spacial score (nSPS) is 19.5. The highest BCUT2D eigenvalue weighted by atomic mass is 32.1. The molecule has 0 unspecified atom stereocenters. The summed E-state index contributed by atoms with van der Waals surface area (Å²) in [6.45, 7) is 2.96. The van der Waals surface area contributed by atoms with Crippen molar-refractivity contribution in [1.82, 2.24) is 10.6 Å². The first-order chi connectivity index (χ1) is 4.70. The van der Waals surface area contributed by atoms with E-state index in [4.69, 9.17) is 12.2 Å². The van der Waals surface area contributed by atoms with Gasteiger partial charge in [-0.05, 0) is 19.1 Å². The second kappa shape index (κ2) is 2.96. The van der Waals surface area contributed by atoms with Gasteiger partial charge in [-0.2, -0.15) is 0 Å². The molecule has 1 rings (SSSR count). The summed E-state index contributed by atoms with van der Waals surface area (Å²) >= 11 is 4.81. The predicted octanol–water partition coefficient (Wildman–Crippen LogP) is -0.331. The van der Waals surface area contributed by atoms with Crippen LogP contribution in [0.2, 0.25) is 0 Å². The SMILES string of the molecule is CC(=O)C1CNC(=S)NC1. The van der Waals surface area contributed by atoms with E-state index in [1.807, 2.05) is 0 Å². The van der Waals surface area contributed by atoms with Gasteiger partial charge in [0, 0.05) is 13.1 Å². The van der Waals surface area contributed by atoms with Crippen LogP contribution in [0.3, 0.4) is 0 Å². The summed E-state index contributed by atoms with van der Waals surface area (Å²) in [6, 6.07) is 0. The maximum absolute atomic E-state index is 10.8. The van der Waals surface area contributed by atoms with Crippen molar-refractivity contribution in [3.8, 4) is 0 Å². The van der Waals surface area contributed by atoms with Crippen LogP contribution in [-0.2, 0) is 4.79 Å².